The number of benzene rings is 1. The molecule has 0 radical (unpaired) electrons. The number of methoxy groups -OCH3 is 1. The Hall–Kier alpha value is -2.12. The summed E-state index contributed by atoms with van der Waals surface area (Å²) in [4.78, 5) is 28.2. The van der Waals surface area contributed by atoms with Gasteiger partial charge in [0.25, 0.3) is 0 Å². The summed E-state index contributed by atoms with van der Waals surface area (Å²) in [5, 5.41) is 2.84. The Balaban J connectivity index is 1.90. The molecule has 7 heteroatoms. The Kier molecular flexibility index (Phi) is 6.57. The lowest BCUT2D eigenvalue weighted by atomic mass is 10.2. The van der Waals surface area contributed by atoms with E-state index >= 15 is 0 Å². The van der Waals surface area contributed by atoms with Crippen LogP contribution in [0.4, 0.5) is 5.69 Å². The van der Waals surface area contributed by atoms with Crippen molar-refractivity contribution >= 4 is 17.5 Å². The Morgan fingerprint density at radius 1 is 1.33 bits per heavy atom. The van der Waals surface area contributed by atoms with Gasteiger partial charge in [-0.2, -0.15) is 0 Å². The third-order valence-corrected chi connectivity index (χ3v) is 4.15. The van der Waals surface area contributed by atoms with Gasteiger partial charge in [-0.1, -0.05) is 12.1 Å². The van der Waals surface area contributed by atoms with Gasteiger partial charge in [-0.05, 0) is 26.1 Å². The highest BCUT2D eigenvalue weighted by atomic mass is 16.5. The van der Waals surface area contributed by atoms with E-state index < -0.39 is 6.04 Å². The number of nitrogens with one attached hydrogen (secondary N) is 1. The average Bonchev–Trinajstić information content (AvgIpc) is 2.62. The largest absolute Gasteiger partial charge is 0.495 e. The van der Waals surface area contributed by atoms with Crippen LogP contribution >= 0.6 is 0 Å². The van der Waals surface area contributed by atoms with Crippen molar-refractivity contribution in [2.45, 2.75) is 13.0 Å². The third kappa shape index (κ3) is 4.69. The molecule has 1 atom stereocenters. The van der Waals surface area contributed by atoms with E-state index in [1.807, 2.05) is 12.1 Å². The first-order valence-electron chi connectivity index (χ1n) is 8.02. The van der Waals surface area contributed by atoms with E-state index in [4.69, 9.17) is 9.47 Å². The third-order valence-electron chi connectivity index (χ3n) is 4.15. The van der Waals surface area contributed by atoms with E-state index in [1.165, 1.54) is 0 Å². The molecule has 0 bridgehead atoms. The van der Waals surface area contributed by atoms with Crippen LogP contribution in [0.2, 0.25) is 0 Å². The number of ether oxygens (including phenoxy) is 2. The van der Waals surface area contributed by atoms with E-state index in [9.17, 15) is 9.59 Å². The van der Waals surface area contributed by atoms with Gasteiger partial charge in [0.2, 0.25) is 11.8 Å². The number of para-hydroxylation sites is 2. The van der Waals surface area contributed by atoms with Crippen molar-refractivity contribution in [3.63, 3.8) is 0 Å². The number of morpholine rings is 1. The maximum Gasteiger partial charge on any atom is 0.241 e. The summed E-state index contributed by atoms with van der Waals surface area (Å²) < 4.78 is 10.5. The van der Waals surface area contributed by atoms with Crippen molar-refractivity contribution in [3.8, 4) is 5.75 Å². The molecular weight excluding hydrogens is 310 g/mol. The molecule has 2 amide bonds. The van der Waals surface area contributed by atoms with Crippen LogP contribution in [-0.2, 0) is 14.3 Å². The molecule has 0 aromatic heterocycles. The van der Waals surface area contributed by atoms with Gasteiger partial charge in [-0.25, -0.2) is 0 Å². The fourth-order valence-electron chi connectivity index (χ4n) is 2.45. The Morgan fingerprint density at radius 2 is 2.00 bits per heavy atom. The quantitative estimate of drug-likeness (QED) is 0.833. The Labute approximate surface area is 142 Å². The van der Waals surface area contributed by atoms with Crippen LogP contribution in [0.3, 0.4) is 0 Å². The number of likely N-dealkylation sites (N-methyl/N-ethyl adjacent to an activating group) is 1. The fourth-order valence-corrected chi connectivity index (χ4v) is 2.45. The average molecular weight is 335 g/mol. The molecule has 1 aromatic rings. The summed E-state index contributed by atoms with van der Waals surface area (Å²) in [6.45, 7) is 4.32. The maximum atomic E-state index is 12.4. The van der Waals surface area contributed by atoms with Crippen molar-refractivity contribution in [2.24, 2.45) is 0 Å². The van der Waals surface area contributed by atoms with E-state index in [0.29, 0.717) is 37.7 Å². The van der Waals surface area contributed by atoms with Gasteiger partial charge in [-0.3, -0.25) is 14.5 Å². The minimum Gasteiger partial charge on any atom is -0.495 e. The maximum absolute atomic E-state index is 12.4. The Morgan fingerprint density at radius 3 is 2.67 bits per heavy atom. The summed E-state index contributed by atoms with van der Waals surface area (Å²) in [5.74, 6) is 0.430. The molecule has 132 valence electrons. The highest BCUT2D eigenvalue weighted by Gasteiger charge is 2.24. The SMILES string of the molecule is COc1ccccc1NC(=O)[C@H](C)N(C)CC(=O)N1CCOCC1. The molecule has 1 aliphatic rings. The molecule has 0 saturated carbocycles. The number of nitrogens with zero attached hydrogens (tertiary/aromatic N) is 2. The lowest BCUT2D eigenvalue weighted by Gasteiger charge is -2.30. The van der Waals surface area contributed by atoms with E-state index in [0.717, 1.165) is 0 Å². The second kappa shape index (κ2) is 8.65. The molecule has 0 unspecified atom stereocenters. The standard InChI is InChI=1S/C17H25N3O4/c1-13(17(22)18-14-6-4-5-7-15(14)23-3)19(2)12-16(21)20-8-10-24-11-9-20/h4-7,13H,8-12H2,1-3H3,(H,18,22)/t13-/m0/s1. The van der Waals surface area contributed by atoms with E-state index in [2.05, 4.69) is 5.32 Å². The van der Waals surface area contributed by atoms with Crippen LogP contribution in [0.1, 0.15) is 6.92 Å². The first kappa shape index (κ1) is 18.2. The zero-order chi connectivity index (χ0) is 17.5. The Bertz CT molecular complexity index is 573. The number of hydrogen-bond acceptors (Lipinski definition) is 5. The minimum absolute atomic E-state index is 0.0118. The second-order valence-corrected chi connectivity index (χ2v) is 5.77. The van der Waals surface area contributed by atoms with Crippen molar-refractivity contribution in [3.05, 3.63) is 24.3 Å². The number of carbonyl (C=O) groups excluding carboxylic acids is 2. The number of carbonyl (C=O) groups is 2. The van der Waals surface area contributed by atoms with Crippen LogP contribution in [0.5, 0.6) is 5.75 Å². The first-order valence-corrected chi connectivity index (χ1v) is 8.02. The summed E-state index contributed by atoms with van der Waals surface area (Å²) >= 11 is 0. The molecule has 1 saturated heterocycles. The van der Waals surface area contributed by atoms with Crippen molar-refractivity contribution in [1.29, 1.82) is 0 Å². The van der Waals surface area contributed by atoms with Crippen LogP contribution in [0.25, 0.3) is 0 Å². The van der Waals surface area contributed by atoms with Crippen LogP contribution in [0.15, 0.2) is 24.3 Å². The van der Waals surface area contributed by atoms with Crippen LogP contribution in [-0.4, -0.2) is 74.7 Å². The summed E-state index contributed by atoms with van der Waals surface area (Å²) in [6.07, 6.45) is 0. The fraction of sp³-hybridized carbons (Fsp3) is 0.529. The van der Waals surface area contributed by atoms with Crippen LogP contribution in [0, 0.1) is 0 Å². The molecule has 1 fully saturated rings. The molecule has 24 heavy (non-hydrogen) atoms. The molecule has 0 spiro atoms. The molecular formula is C17H25N3O4. The van der Waals surface area contributed by atoms with Crippen molar-refractivity contribution < 1.29 is 19.1 Å². The molecule has 1 aromatic carbocycles. The monoisotopic (exact) mass is 335 g/mol. The molecule has 1 aliphatic heterocycles. The van der Waals surface area contributed by atoms with Gasteiger partial charge >= 0.3 is 0 Å². The predicted octanol–water partition coefficient (Wildman–Crippen LogP) is 0.813. The normalized spacial score (nSPS) is 15.9. The van der Waals surface area contributed by atoms with Gasteiger partial charge in [0, 0.05) is 13.1 Å². The summed E-state index contributed by atoms with van der Waals surface area (Å²) in [7, 11) is 3.33. The van der Waals surface area contributed by atoms with E-state index in [1.54, 1.807) is 43.0 Å². The van der Waals surface area contributed by atoms with Gasteiger partial charge in [0.05, 0.1) is 38.6 Å². The van der Waals surface area contributed by atoms with Gasteiger partial charge < -0.3 is 19.7 Å². The number of rotatable bonds is 6. The number of amides is 2. The van der Waals surface area contributed by atoms with Gasteiger partial charge in [0.15, 0.2) is 0 Å². The van der Waals surface area contributed by atoms with Crippen molar-refractivity contribution in [1.82, 2.24) is 9.80 Å². The summed E-state index contributed by atoms with van der Waals surface area (Å²) in [5.41, 5.74) is 0.616. The first-order chi connectivity index (χ1) is 11.5. The minimum atomic E-state index is -0.445. The number of hydrogen-bond donors (Lipinski definition) is 1. The number of anilines is 1. The van der Waals surface area contributed by atoms with Gasteiger partial charge in [-0.15, -0.1) is 0 Å². The summed E-state index contributed by atoms with van der Waals surface area (Å²) in [6, 6.07) is 6.79. The van der Waals surface area contributed by atoms with Crippen LogP contribution < -0.4 is 10.1 Å². The van der Waals surface area contributed by atoms with Crippen molar-refractivity contribution in [2.75, 3.05) is 52.3 Å². The molecule has 7 nitrogen and oxygen atoms in total. The topological polar surface area (TPSA) is 71.1 Å². The highest BCUT2D eigenvalue weighted by molar-refractivity contribution is 5.96. The molecule has 0 aliphatic carbocycles. The lowest BCUT2D eigenvalue weighted by molar-refractivity contribution is -0.137. The van der Waals surface area contributed by atoms with Gasteiger partial charge in [0.1, 0.15) is 5.75 Å². The molecule has 1 heterocycles. The lowest BCUT2D eigenvalue weighted by Crippen LogP contribution is -2.48. The molecule has 2 rings (SSSR count). The molecule has 1 N–H and O–H groups in total. The second-order valence-electron chi connectivity index (χ2n) is 5.77. The smallest absolute Gasteiger partial charge is 0.241 e. The predicted molar refractivity (Wildman–Crippen MR) is 91.1 cm³/mol. The zero-order valence-electron chi connectivity index (χ0n) is 14.4. The van der Waals surface area contributed by atoms with E-state index in [-0.39, 0.29) is 18.4 Å². The highest BCUT2D eigenvalue weighted by Crippen LogP contribution is 2.23. The zero-order valence-corrected chi connectivity index (χ0v) is 14.4.